The van der Waals surface area contributed by atoms with Crippen LogP contribution in [0.2, 0.25) is 0 Å². The normalized spacial score (nSPS) is 24.6. The Kier molecular flexibility index (Phi) is 7.32. The second-order valence-corrected chi connectivity index (χ2v) is 8.57. The van der Waals surface area contributed by atoms with Crippen molar-refractivity contribution in [2.45, 2.75) is 51.5 Å². The van der Waals surface area contributed by atoms with Gasteiger partial charge in [-0.2, -0.15) is 0 Å². The van der Waals surface area contributed by atoms with Crippen LogP contribution in [0.4, 0.5) is 0 Å². The molecule has 0 saturated carbocycles. The molecule has 3 heterocycles. The number of nitrogens with zero attached hydrogens (tertiary/aromatic N) is 3. The van der Waals surface area contributed by atoms with Gasteiger partial charge in [0.25, 0.3) is 0 Å². The summed E-state index contributed by atoms with van der Waals surface area (Å²) in [5.74, 6) is 1.65. The van der Waals surface area contributed by atoms with Gasteiger partial charge in [-0.05, 0) is 76.5 Å². The molecule has 3 rings (SSSR count). The number of carbonyl (C=O) groups excluding carboxylic acids is 2. The van der Waals surface area contributed by atoms with Crippen LogP contribution in [0, 0.1) is 11.8 Å². The zero-order valence-corrected chi connectivity index (χ0v) is 16.4. The van der Waals surface area contributed by atoms with Gasteiger partial charge in [-0.15, -0.1) is 0 Å². The molecule has 0 aliphatic carbocycles. The molecule has 0 aromatic rings. The smallest absolute Gasteiger partial charge is 0.237 e. The highest BCUT2D eigenvalue weighted by atomic mass is 16.2. The highest BCUT2D eigenvalue weighted by Gasteiger charge is 2.30. The summed E-state index contributed by atoms with van der Waals surface area (Å²) in [6, 6.07) is 0.386. The van der Waals surface area contributed by atoms with Crippen molar-refractivity contribution >= 4 is 12.3 Å². The first-order valence-electron chi connectivity index (χ1n) is 10.6. The Morgan fingerprint density at radius 1 is 1.04 bits per heavy atom. The summed E-state index contributed by atoms with van der Waals surface area (Å²) in [5, 5.41) is 3.42. The van der Waals surface area contributed by atoms with Gasteiger partial charge in [-0.1, -0.05) is 6.92 Å². The van der Waals surface area contributed by atoms with Gasteiger partial charge in [-0.25, -0.2) is 0 Å². The molecular formula is C20H36N4O2. The molecule has 3 aliphatic heterocycles. The third kappa shape index (κ3) is 5.43. The lowest BCUT2D eigenvalue weighted by molar-refractivity contribution is -0.137. The Bertz CT molecular complexity index is 451. The first kappa shape index (κ1) is 19.6. The number of carbonyl (C=O) groups is 2. The minimum atomic E-state index is 0.323. The van der Waals surface area contributed by atoms with Crippen molar-refractivity contribution in [3.8, 4) is 0 Å². The average Bonchev–Trinajstić information content (AvgIpc) is 2.69. The minimum absolute atomic E-state index is 0.323. The predicted molar refractivity (Wildman–Crippen MR) is 103 cm³/mol. The van der Waals surface area contributed by atoms with Gasteiger partial charge >= 0.3 is 0 Å². The molecule has 0 aromatic heterocycles. The third-order valence-corrected chi connectivity index (χ3v) is 6.56. The molecule has 0 spiro atoms. The van der Waals surface area contributed by atoms with E-state index >= 15 is 0 Å². The van der Waals surface area contributed by atoms with E-state index in [9.17, 15) is 9.59 Å². The van der Waals surface area contributed by atoms with Crippen molar-refractivity contribution in [2.75, 3.05) is 52.4 Å². The highest BCUT2D eigenvalue weighted by Crippen LogP contribution is 2.22. The second kappa shape index (κ2) is 9.70. The number of piperidine rings is 3. The first-order valence-corrected chi connectivity index (χ1v) is 10.6. The van der Waals surface area contributed by atoms with Gasteiger partial charge in [0, 0.05) is 25.7 Å². The van der Waals surface area contributed by atoms with Crippen LogP contribution in [0.15, 0.2) is 0 Å². The molecule has 2 amide bonds. The van der Waals surface area contributed by atoms with Crippen molar-refractivity contribution < 1.29 is 9.59 Å². The van der Waals surface area contributed by atoms with Crippen LogP contribution in [-0.2, 0) is 9.59 Å². The molecule has 0 bridgehead atoms. The third-order valence-electron chi connectivity index (χ3n) is 6.56. The monoisotopic (exact) mass is 364 g/mol. The van der Waals surface area contributed by atoms with Crippen molar-refractivity contribution in [2.24, 2.45) is 11.8 Å². The number of hydrogen-bond acceptors (Lipinski definition) is 4. The Balaban J connectivity index is 1.57. The van der Waals surface area contributed by atoms with E-state index in [2.05, 4.69) is 22.0 Å². The molecule has 3 aliphatic rings. The van der Waals surface area contributed by atoms with Crippen molar-refractivity contribution in [3.05, 3.63) is 0 Å². The van der Waals surface area contributed by atoms with Crippen LogP contribution in [0.25, 0.3) is 0 Å². The summed E-state index contributed by atoms with van der Waals surface area (Å²) in [4.78, 5) is 30.5. The minimum Gasteiger partial charge on any atom is -0.345 e. The summed E-state index contributed by atoms with van der Waals surface area (Å²) >= 11 is 0. The lowest BCUT2D eigenvalue weighted by atomic mass is 9.94. The fourth-order valence-corrected chi connectivity index (χ4v) is 4.59. The zero-order chi connectivity index (χ0) is 18.4. The lowest BCUT2D eigenvalue weighted by Gasteiger charge is -2.40. The Morgan fingerprint density at radius 2 is 1.69 bits per heavy atom. The molecule has 3 saturated heterocycles. The molecular weight excluding hydrogens is 328 g/mol. The second-order valence-electron chi connectivity index (χ2n) is 8.57. The maximum atomic E-state index is 13.2. The van der Waals surface area contributed by atoms with E-state index in [1.807, 2.05) is 4.90 Å². The SMILES string of the molecule is CC1CCN(CC(=O)N(CC2CCN(C=O)CC2)C2CCNCC2)CC1. The molecule has 26 heavy (non-hydrogen) atoms. The lowest BCUT2D eigenvalue weighted by Crippen LogP contribution is -2.52. The maximum absolute atomic E-state index is 13.2. The molecule has 0 unspecified atom stereocenters. The van der Waals surface area contributed by atoms with Crippen LogP contribution < -0.4 is 5.32 Å². The Labute approximate surface area is 158 Å². The number of likely N-dealkylation sites (tertiary alicyclic amines) is 2. The van der Waals surface area contributed by atoms with E-state index in [1.165, 1.54) is 12.8 Å². The van der Waals surface area contributed by atoms with Gasteiger partial charge in [0.15, 0.2) is 0 Å². The van der Waals surface area contributed by atoms with Gasteiger partial charge in [-0.3, -0.25) is 14.5 Å². The van der Waals surface area contributed by atoms with Crippen molar-refractivity contribution in [1.82, 2.24) is 20.0 Å². The number of hydrogen-bond donors (Lipinski definition) is 1. The van der Waals surface area contributed by atoms with Gasteiger partial charge < -0.3 is 15.1 Å². The zero-order valence-electron chi connectivity index (χ0n) is 16.4. The molecule has 148 valence electrons. The van der Waals surface area contributed by atoms with Crippen LogP contribution in [0.1, 0.15) is 45.4 Å². The van der Waals surface area contributed by atoms with Crippen LogP contribution in [0.3, 0.4) is 0 Å². The van der Waals surface area contributed by atoms with Crippen LogP contribution >= 0.6 is 0 Å². The van der Waals surface area contributed by atoms with E-state index in [0.717, 1.165) is 83.8 Å². The molecule has 0 atom stereocenters. The van der Waals surface area contributed by atoms with Gasteiger partial charge in [0.05, 0.1) is 6.54 Å². The summed E-state index contributed by atoms with van der Waals surface area (Å²) in [6.07, 6.45) is 7.56. The van der Waals surface area contributed by atoms with Crippen molar-refractivity contribution in [1.29, 1.82) is 0 Å². The standard InChI is InChI=1S/C20H36N4O2/c1-17-4-10-22(11-5-17)15-20(26)24(19-2-8-21-9-3-19)14-18-6-12-23(16-25)13-7-18/h16-19,21H,2-15H2,1H3. The number of nitrogens with one attached hydrogen (secondary N) is 1. The summed E-state index contributed by atoms with van der Waals surface area (Å²) in [5.41, 5.74) is 0. The van der Waals surface area contributed by atoms with E-state index < -0.39 is 0 Å². The molecule has 3 fully saturated rings. The van der Waals surface area contributed by atoms with E-state index in [1.54, 1.807) is 0 Å². The Morgan fingerprint density at radius 3 is 2.31 bits per heavy atom. The van der Waals surface area contributed by atoms with Crippen LogP contribution in [0.5, 0.6) is 0 Å². The fourth-order valence-electron chi connectivity index (χ4n) is 4.59. The van der Waals surface area contributed by atoms with Gasteiger partial charge in [0.1, 0.15) is 0 Å². The fraction of sp³-hybridized carbons (Fsp3) is 0.900. The largest absolute Gasteiger partial charge is 0.345 e. The molecule has 0 radical (unpaired) electrons. The molecule has 6 nitrogen and oxygen atoms in total. The average molecular weight is 365 g/mol. The molecule has 1 N–H and O–H groups in total. The van der Waals surface area contributed by atoms with E-state index in [0.29, 0.717) is 24.4 Å². The first-order chi connectivity index (χ1) is 12.7. The Hall–Kier alpha value is -1.14. The topological polar surface area (TPSA) is 55.9 Å². The molecule has 6 heteroatoms. The summed E-state index contributed by atoms with van der Waals surface area (Å²) in [7, 11) is 0. The quantitative estimate of drug-likeness (QED) is 0.719. The predicted octanol–water partition coefficient (Wildman–Crippen LogP) is 1.17. The summed E-state index contributed by atoms with van der Waals surface area (Å²) in [6.45, 7) is 9.60. The van der Waals surface area contributed by atoms with Crippen molar-refractivity contribution in [3.63, 3.8) is 0 Å². The summed E-state index contributed by atoms with van der Waals surface area (Å²) < 4.78 is 0. The highest BCUT2D eigenvalue weighted by molar-refractivity contribution is 5.78. The maximum Gasteiger partial charge on any atom is 0.237 e. The van der Waals surface area contributed by atoms with E-state index in [-0.39, 0.29) is 0 Å². The van der Waals surface area contributed by atoms with E-state index in [4.69, 9.17) is 0 Å². The number of rotatable bonds is 6. The number of amides is 2. The van der Waals surface area contributed by atoms with Gasteiger partial charge in [0.2, 0.25) is 12.3 Å². The molecule has 0 aromatic carbocycles. The van der Waals surface area contributed by atoms with Crippen LogP contribution in [-0.4, -0.2) is 85.4 Å².